The molecule has 0 radical (unpaired) electrons. The third-order valence-electron chi connectivity index (χ3n) is 4.28. The molecule has 2 aliphatic carbocycles. The Morgan fingerprint density at radius 3 is 2.70 bits per heavy atom. The van der Waals surface area contributed by atoms with Crippen molar-refractivity contribution >= 4 is 40.3 Å². The van der Waals surface area contributed by atoms with E-state index in [0.717, 1.165) is 18.2 Å². The number of rotatable bonds is 4. The molecule has 2 amide bonds. The maximum absolute atomic E-state index is 12.5. The van der Waals surface area contributed by atoms with Gasteiger partial charge in [0.25, 0.3) is 0 Å². The quantitative estimate of drug-likeness (QED) is 0.842. The third kappa shape index (κ3) is 2.74. The lowest BCUT2D eigenvalue weighted by molar-refractivity contribution is -0.134. The van der Waals surface area contributed by atoms with E-state index in [-0.39, 0.29) is 17.9 Å². The Morgan fingerprint density at radius 1 is 1.22 bits per heavy atom. The van der Waals surface area contributed by atoms with E-state index in [1.807, 2.05) is 0 Å². The van der Waals surface area contributed by atoms with E-state index in [4.69, 9.17) is 11.6 Å². The van der Waals surface area contributed by atoms with Gasteiger partial charge in [-0.15, -0.1) is 0 Å². The number of hydrogen-bond acceptors (Lipinski definition) is 4. The van der Waals surface area contributed by atoms with E-state index in [1.54, 1.807) is 18.2 Å². The van der Waals surface area contributed by atoms with Gasteiger partial charge in [0, 0.05) is 17.6 Å². The van der Waals surface area contributed by atoms with Crippen LogP contribution in [0.15, 0.2) is 24.4 Å². The fourth-order valence-corrected chi connectivity index (χ4v) is 2.69. The summed E-state index contributed by atoms with van der Waals surface area (Å²) in [6.07, 6.45) is 4.68. The Bertz CT molecular complexity index is 815. The molecule has 0 aromatic carbocycles. The van der Waals surface area contributed by atoms with Gasteiger partial charge in [-0.3, -0.25) is 9.59 Å². The lowest BCUT2D eigenvalue weighted by Gasteiger charge is -2.14. The van der Waals surface area contributed by atoms with Crippen molar-refractivity contribution in [2.24, 2.45) is 5.41 Å². The smallest absolute Gasteiger partial charge is 0.241 e. The van der Waals surface area contributed by atoms with Crippen molar-refractivity contribution in [1.82, 2.24) is 15.3 Å². The van der Waals surface area contributed by atoms with Gasteiger partial charge in [-0.25, -0.2) is 9.97 Å². The minimum absolute atomic E-state index is 0.164. The highest BCUT2D eigenvalue weighted by atomic mass is 35.5. The number of aromatic nitrogens is 2. The molecule has 2 N–H and O–H groups in total. The van der Waals surface area contributed by atoms with Gasteiger partial charge in [0.2, 0.25) is 11.8 Å². The normalized spacial score (nSPS) is 18.5. The highest BCUT2D eigenvalue weighted by molar-refractivity contribution is 6.31. The van der Waals surface area contributed by atoms with Crippen molar-refractivity contribution in [3.8, 4) is 0 Å². The number of fused-ring (bicyclic) bond motifs is 1. The number of carbonyl (C=O) groups is 2. The van der Waals surface area contributed by atoms with Gasteiger partial charge in [-0.05, 0) is 43.9 Å². The lowest BCUT2D eigenvalue weighted by atomic mass is 10.1. The summed E-state index contributed by atoms with van der Waals surface area (Å²) in [6.45, 7) is 0. The maximum Gasteiger partial charge on any atom is 0.241 e. The zero-order valence-electron chi connectivity index (χ0n) is 12.3. The van der Waals surface area contributed by atoms with Gasteiger partial charge in [-0.1, -0.05) is 11.6 Å². The van der Waals surface area contributed by atoms with Gasteiger partial charge in [0.05, 0.1) is 5.02 Å². The largest absolute Gasteiger partial charge is 0.352 e. The summed E-state index contributed by atoms with van der Waals surface area (Å²) in [4.78, 5) is 33.1. The monoisotopic (exact) mass is 330 g/mol. The van der Waals surface area contributed by atoms with Gasteiger partial charge in [-0.2, -0.15) is 0 Å². The second-order valence-electron chi connectivity index (χ2n) is 6.18. The Balaban J connectivity index is 1.52. The van der Waals surface area contributed by atoms with Crippen LogP contribution in [0, 0.1) is 5.41 Å². The molecule has 0 atom stereocenters. The molecule has 2 heterocycles. The molecule has 2 fully saturated rings. The van der Waals surface area contributed by atoms with E-state index < -0.39 is 5.41 Å². The first kappa shape index (κ1) is 14.4. The van der Waals surface area contributed by atoms with Gasteiger partial charge >= 0.3 is 0 Å². The van der Waals surface area contributed by atoms with Crippen LogP contribution in [-0.2, 0) is 9.59 Å². The predicted octanol–water partition coefficient (Wildman–Crippen LogP) is 2.28. The van der Waals surface area contributed by atoms with Crippen LogP contribution < -0.4 is 10.6 Å². The first-order chi connectivity index (χ1) is 11.1. The van der Waals surface area contributed by atoms with Crippen molar-refractivity contribution in [2.75, 3.05) is 5.32 Å². The zero-order valence-corrected chi connectivity index (χ0v) is 13.1. The van der Waals surface area contributed by atoms with E-state index in [1.165, 1.54) is 6.20 Å². The Hall–Kier alpha value is -2.21. The predicted molar refractivity (Wildman–Crippen MR) is 86.0 cm³/mol. The molecule has 2 aromatic heterocycles. The zero-order chi connectivity index (χ0) is 16.0. The van der Waals surface area contributed by atoms with Crippen LogP contribution >= 0.6 is 11.6 Å². The van der Waals surface area contributed by atoms with Crippen LogP contribution in [-0.4, -0.2) is 27.8 Å². The fourth-order valence-electron chi connectivity index (χ4n) is 2.52. The number of halogens is 1. The topological polar surface area (TPSA) is 84.0 Å². The number of pyridine rings is 2. The van der Waals surface area contributed by atoms with Gasteiger partial charge in [0.1, 0.15) is 11.2 Å². The van der Waals surface area contributed by atoms with Crippen LogP contribution in [0.2, 0.25) is 5.02 Å². The summed E-state index contributed by atoms with van der Waals surface area (Å²) < 4.78 is 0. The minimum atomic E-state index is -0.924. The number of carbonyl (C=O) groups excluding carboxylic acids is 2. The molecule has 2 aromatic rings. The third-order valence-corrected chi connectivity index (χ3v) is 4.49. The second kappa shape index (κ2) is 5.16. The standard InChI is InChI=1S/C16H15ClN4O2/c17-10-7-9-1-4-12(20-13(9)18-8-10)21-15(23)16(5-6-16)14(22)19-11-2-3-11/h1,4,7-8,11H,2-3,5-6H2,(H,19,22)(H,18,20,21,23). The number of hydrogen-bond donors (Lipinski definition) is 2. The molecule has 6 nitrogen and oxygen atoms in total. The molecule has 0 bridgehead atoms. The average molecular weight is 331 g/mol. The molecule has 2 aliphatic rings. The molecule has 118 valence electrons. The van der Waals surface area contributed by atoms with E-state index in [2.05, 4.69) is 20.6 Å². The highest BCUT2D eigenvalue weighted by Gasteiger charge is 2.57. The first-order valence-corrected chi connectivity index (χ1v) is 7.99. The Kier molecular flexibility index (Phi) is 3.23. The second-order valence-corrected chi connectivity index (χ2v) is 6.62. The SMILES string of the molecule is O=C(Nc1ccc2cc(Cl)cnc2n1)C1(C(=O)NC2CC2)CC1. The lowest BCUT2D eigenvalue weighted by Crippen LogP contribution is -2.41. The molecule has 7 heteroatoms. The molecule has 0 saturated heterocycles. The minimum Gasteiger partial charge on any atom is -0.352 e. The summed E-state index contributed by atoms with van der Waals surface area (Å²) in [5, 5.41) is 6.98. The molecule has 0 aliphatic heterocycles. The molecule has 0 unspecified atom stereocenters. The van der Waals surface area contributed by atoms with E-state index >= 15 is 0 Å². The summed E-state index contributed by atoms with van der Waals surface area (Å²) >= 11 is 5.89. The number of amides is 2. The molecule has 4 rings (SSSR count). The molecule has 2 saturated carbocycles. The van der Waals surface area contributed by atoms with Crippen LogP contribution in [0.1, 0.15) is 25.7 Å². The summed E-state index contributed by atoms with van der Waals surface area (Å²) in [5.74, 6) is -0.0671. The van der Waals surface area contributed by atoms with E-state index in [0.29, 0.717) is 29.3 Å². The van der Waals surface area contributed by atoms with Gasteiger partial charge < -0.3 is 10.6 Å². The highest BCUT2D eigenvalue weighted by Crippen LogP contribution is 2.47. The van der Waals surface area contributed by atoms with Crippen molar-refractivity contribution in [3.63, 3.8) is 0 Å². The van der Waals surface area contributed by atoms with Crippen LogP contribution in [0.25, 0.3) is 11.0 Å². The number of nitrogens with one attached hydrogen (secondary N) is 2. The van der Waals surface area contributed by atoms with Crippen molar-refractivity contribution < 1.29 is 9.59 Å². The fraction of sp³-hybridized carbons (Fsp3) is 0.375. The van der Waals surface area contributed by atoms with Gasteiger partial charge in [0.15, 0.2) is 5.65 Å². The van der Waals surface area contributed by atoms with Crippen molar-refractivity contribution in [2.45, 2.75) is 31.7 Å². The summed E-state index contributed by atoms with van der Waals surface area (Å²) in [6, 6.07) is 5.49. The summed E-state index contributed by atoms with van der Waals surface area (Å²) in [5.41, 5.74) is -0.424. The van der Waals surface area contributed by atoms with Crippen LogP contribution in [0.5, 0.6) is 0 Å². The van der Waals surface area contributed by atoms with E-state index in [9.17, 15) is 9.59 Å². The van der Waals surface area contributed by atoms with Crippen molar-refractivity contribution in [3.05, 3.63) is 29.4 Å². The average Bonchev–Trinajstić information content (AvgIpc) is 3.41. The molecular weight excluding hydrogens is 316 g/mol. The maximum atomic E-state index is 12.5. The number of nitrogens with zero attached hydrogens (tertiary/aromatic N) is 2. The Morgan fingerprint density at radius 2 is 2.00 bits per heavy atom. The summed E-state index contributed by atoms with van der Waals surface area (Å²) in [7, 11) is 0. The number of anilines is 1. The van der Waals surface area contributed by atoms with Crippen LogP contribution in [0.4, 0.5) is 5.82 Å². The first-order valence-electron chi connectivity index (χ1n) is 7.62. The van der Waals surface area contributed by atoms with Crippen molar-refractivity contribution in [1.29, 1.82) is 0 Å². The molecular formula is C16H15ClN4O2. The Labute approximate surface area is 137 Å². The van der Waals surface area contributed by atoms with Crippen LogP contribution in [0.3, 0.4) is 0 Å². The molecule has 0 spiro atoms. The molecule has 23 heavy (non-hydrogen) atoms.